The van der Waals surface area contributed by atoms with E-state index >= 15 is 0 Å². The van der Waals surface area contributed by atoms with Gasteiger partial charge >= 0.3 is 0 Å². The summed E-state index contributed by atoms with van der Waals surface area (Å²) in [5.74, 6) is 2.23. The molecule has 0 spiro atoms. The van der Waals surface area contributed by atoms with Crippen molar-refractivity contribution in [2.24, 2.45) is 5.73 Å². The lowest BCUT2D eigenvalue weighted by Gasteiger charge is -2.01. The van der Waals surface area contributed by atoms with E-state index in [0.29, 0.717) is 18.3 Å². The lowest BCUT2D eigenvalue weighted by molar-refractivity contribution is 0.414. The first-order valence-electron chi connectivity index (χ1n) is 6.46. The number of aryl methyl sites for hydroxylation is 3. The van der Waals surface area contributed by atoms with E-state index in [0.717, 1.165) is 31.4 Å². The molecule has 5 nitrogen and oxygen atoms in total. The monoisotopic (exact) mass is 261 g/mol. The minimum atomic E-state index is 0.642. The molecular weight excluding hydrogens is 242 g/mol. The fourth-order valence-electron chi connectivity index (χ4n) is 1.79. The number of methoxy groups -OCH3 is 1. The zero-order valence-corrected chi connectivity index (χ0v) is 11.1. The van der Waals surface area contributed by atoms with E-state index < -0.39 is 0 Å². The van der Waals surface area contributed by atoms with Gasteiger partial charge in [-0.05, 0) is 37.1 Å². The SMILES string of the molecule is COc1ccc(CCc2nnc(CCCN)o2)cc1. The average Bonchev–Trinajstić information content (AvgIpc) is 2.91. The van der Waals surface area contributed by atoms with Crippen LogP contribution in [0.1, 0.15) is 23.8 Å². The van der Waals surface area contributed by atoms with Crippen LogP contribution in [-0.2, 0) is 19.3 Å². The average molecular weight is 261 g/mol. The Bertz CT molecular complexity index is 494. The van der Waals surface area contributed by atoms with Gasteiger partial charge in [-0.25, -0.2) is 0 Å². The van der Waals surface area contributed by atoms with Crippen LogP contribution in [0.3, 0.4) is 0 Å². The molecule has 2 rings (SSSR count). The molecule has 19 heavy (non-hydrogen) atoms. The van der Waals surface area contributed by atoms with Crippen LogP contribution in [0.5, 0.6) is 5.75 Å². The van der Waals surface area contributed by atoms with E-state index in [-0.39, 0.29) is 0 Å². The molecule has 5 heteroatoms. The van der Waals surface area contributed by atoms with Crippen molar-refractivity contribution < 1.29 is 9.15 Å². The van der Waals surface area contributed by atoms with E-state index in [1.165, 1.54) is 5.56 Å². The Morgan fingerprint density at radius 2 is 1.74 bits per heavy atom. The van der Waals surface area contributed by atoms with Gasteiger partial charge in [-0.3, -0.25) is 0 Å². The van der Waals surface area contributed by atoms with E-state index in [1.54, 1.807) is 7.11 Å². The number of nitrogens with zero attached hydrogens (tertiary/aromatic N) is 2. The highest BCUT2D eigenvalue weighted by molar-refractivity contribution is 5.27. The lowest BCUT2D eigenvalue weighted by Crippen LogP contribution is -2.00. The molecule has 0 bridgehead atoms. The molecule has 2 aromatic rings. The highest BCUT2D eigenvalue weighted by atomic mass is 16.5. The zero-order chi connectivity index (χ0) is 13.5. The van der Waals surface area contributed by atoms with Crippen molar-refractivity contribution in [1.29, 1.82) is 0 Å². The first-order chi connectivity index (χ1) is 9.31. The van der Waals surface area contributed by atoms with E-state index in [9.17, 15) is 0 Å². The Hall–Kier alpha value is -1.88. The maximum atomic E-state index is 5.55. The van der Waals surface area contributed by atoms with E-state index in [1.807, 2.05) is 24.3 Å². The Morgan fingerprint density at radius 1 is 1.05 bits per heavy atom. The zero-order valence-electron chi connectivity index (χ0n) is 11.1. The largest absolute Gasteiger partial charge is 0.497 e. The first kappa shape index (κ1) is 13.5. The summed E-state index contributed by atoms with van der Waals surface area (Å²) in [5, 5.41) is 8.04. The van der Waals surface area contributed by atoms with Gasteiger partial charge in [0.1, 0.15) is 5.75 Å². The molecule has 1 heterocycles. The molecule has 102 valence electrons. The Labute approximate surface area is 112 Å². The Kier molecular flexibility index (Phi) is 4.92. The van der Waals surface area contributed by atoms with Crippen LogP contribution < -0.4 is 10.5 Å². The van der Waals surface area contributed by atoms with Gasteiger partial charge in [0.2, 0.25) is 11.8 Å². The van der Waals surface area contributed by atoms with E-state index in [4.69, 9.17) is 14.9 Å². The Balaban J connectivity index is 1.85. The van der Waals surface area contributed by atoms with Crippen LogP contribution in [0.15, 0.2) is 28.7 Å². The van der Waals surface area contributed by atoms with Crippen LogP contribution in [0.4, 0.5) is 0 Å². The lowest BCUT2D eigenvalue weighted by atomic mass is 10.1. The summed E-state index contributed by atoms with van der Waals surface area (Å²) >= 11 is 0. The minimum Gasteiger partial charge on any atom is -0.497 e. The smallest absolute Gasteiger partial charge is 0.216 e. The van der Waals surface area contributed by atoms with Crippen molar-refractivity contribution in [3.63, 3.8) is 0 Å². The molecule has 0 radical (unpaired) electrons. The highest BCUT2D eigenvalue weighted by Crippen LogP contribution is 2.13. The Morgan fingerprint density at radius 3 is 2.37 bits per heavy atom. The maximum Gasteiger partial charge on any atom is 0.216 e. The minimum absolute atomic E-state index is 0.642. The van der Waals surface area contributed by atoms with Gasteiger partial charge in [0.25, 0.3) is 0 Å². The van der Waals surface area contributed by atoms with Gasteiger partial charge in [0, 0.05) is 12.8 Å². The normalized spacial score (nSPS) is 10.6. The van der Waals surface area contributed by atoms with Gasteiger partial charge in [0.15, 0.2) is 0 Å². The first-order valence-corrected chi connectivity index (χ1v) is 6.46. The third-order valence-electron chi connectivity index (χ3n) is 2.89. The maximum absolute atomic E-state index is 5.55. The van der Waals surface area contributed by atoms with Crippen LogP contribution >= 0.6 is 0 Å². The second kappa shape index (κ2) is 6.89. The molecule has 0 aliphatic carbocycles. The van der Waals surface area contributed by atoms with Crippen molar-refractivity contribution in [3.05, 3.63) is 41.6 Å². The van der Waals surface area contributed by atoms with E-state index in [2.05, 4.69) is 10.2 Å². The van der Waals surface area contributed by atoms with Gasteiger partial charge < -0.3 is 14.9 Å². The summed E-state index contributed by atoms with van der Waals surface area (Å²) in [5.41, 5.74) is 6.67. The molecule has 0 atom stereocenters. The van der Waals surface area contributed by atoms with Crippen LogP contribution in [0, 0.1) is 0 Å². The van der Waals surface area contributed by atoms with Crippen LogP contribution in [-0.4, -0.2) is 23.9 Å². The molecule has 0 fully saturated rings. The van der Waals surface area contributed by atoms with Gasteiger partial charge in [-0.2, -0.15) is 0 Å². The number of aromatic nitrogens is 2. The predicted molar refractivity (Wildman–Crippen MR) is 72.1 cm³/mol. The summed E-state index contributed by atoms with van der Waals surface area (Å²) in [6, 6.07) is 8.00. The molecule has 2 N–H and O–H groups in total. The van der Waals surface area contributed by atoms with Crippen molar-refractivity contribution in [1.82, 2.24) is 10.2 Å². The number of nitrogens with two attached hydrogens (primary N) is 1. The third-order valence-corrected chi connectivity index (χ3v) is 2.89. The standard InChI is InChI=1S/C14H19N3O2/c1-18-12-7-4-11(5-8-12)6-9-14-17-16-13(19-14)3-2-10-15/h4-5,7-8H,2-3,6,9-10,15H2,1H3. The number of ether oxygens (including phenoxy) is 1. The molecule has 0 unspecified atom stereocenters. The van der Waals surface area contributed by atoms with Gasteiger partial charge in [-0.15, -0.1) is 10.2 Å². The number of benzene rings is 1. The molecule has 0 saturated heterocycles. The van der Waals surface area contributed by atoms with Crippen LogP contribution in [0.25, 0.3) is 0 Å². The van der Waals surface area contributed by atoms with Gasteiger partial charge in [0.05, 0.1) is 7.11 Å². The number of hydrogen-bond acceptors (Lipinski definition) is 5. The summed E-state index contributed by atoms with van der Waals surface area (Å²) in [7, 11) is 1.66. The molecular formula is C14H19N3O2. The fraction of sp³-hybridized carbons (Fsp3) is 0.429. The van der Waals surface area contributed by atoms with Crippen LogP contribution in [0.2, 0.25) is 0 Å². The third kappa shape index (κ3) is 4.06. The molecule has 1 aromatic heterocycles. The second-order valence-electron chi connectivity index (χ2n) is 4.33. The van der Waals surface area contributed by atoms with Crippen molar-refractivity contribution in [2.75, 3.05) is 13.7 Å². The molecule has 0 aliphatic rings. The molecule has 0 saturated carbocycles. The number of rotatable bonds is 7. The van der Waals surface area contributed by atoms with Crippen molar-refractivity contribution in [3.8, 4) is 5.75 Å². The summed E-state index contributed by atoms with van der Waals surface area (Å²) in [4.78, 5) is 0. The summed E-state index contributed by atoms with van der Waals surface area (Å²) < 4.78 is 10.7. The molecule has 0 aliphatic heterocycles. The number of hydrogen-bond donors (Lipinski definition) is 1. The fourth-order valence-corrected chi connectivity index (χ4v) is 1.79. The highest BCUT2D eigenvalue weighted by Gasteiger charge is 2.06. The topological polar surface area (TPSA) is 74.2 Å². The van der Waals surface area contributed by atoms with Crippen molar-refractivity contribution in [2.45, 2.75) is 25.7 Å². The van der Waals surface area contributed by atoms with Crippen molar-refractivity contribution >= 4 is 0 Å². The molecule has 1 aromatic carbocycles. The summed E-state index contributed by atoms with van der Waals surface area (Å²) in [6.45, 7) is 0.642. The summed E-state index contributed by atoms with van der Waals surface area (Å²) in [6.07, 6.45) is 3.26. The predicted octanol–water partition coefficient (Wildman–Crippen LogP) is 1.75. The second-order valence-corrected chi connectivity index (χ2v) is 4.33. The quantitative estimate of drug-likeness (QED) is 0.822. The molecule has 0 amide bonds. The van der Waals surface area contributed by atoms with Gasteiger partial charge in [-0.1, -0.05) is 12.1 Å².